The second kappa shape index (κ2) is 6.25. The third kappa shape index (κ3) is 2.27. The Bertz CT molecular complexity index is 815. The van der Waals surface area contributed by atoms with Gasteiger partial charge in [-0.2, -0.15) is 0 Å². The highest BCUT2D eigenvalue weighted by molar-refractivity contribution is 5.78. The Hall–Kier alpha value is -2.67. The number of aliphatic hydroxyl groups excluding tert-OH is 1. The van der Waals surface area contributed by atoms with E-state index in [-0.39, 0.29) is 24.4 Å². The van der Waals surface area contributed by atoms with Crippen LogP contribution in [0.5, 0.6) is 17.2 Å². The zero-order valence-electron chi connectivity index (χ0n) is 14.7. The van der Waals surface area contributed by atoms with Crippen molar-refractivity contribution in [3.8, 4) is 17.2 Å². The van der Waals surface area contributed by atoms with E-state index < -0.39 is 12.0 Å². The van der Waals surface area contributed by atoms with Gasteiger partial charge in [0.25, 0.3) is 0 Å². The Balaban J connectivity index is 1.91. The molecular weight excluding hydrogens is 340 g/mol. The van der Waals surface area contributed by atoms with Gasteiger partial charge in [0.05, 0.1) is 40.1 Å². The molecule has 1 saturated heterocycles. The second-order valence-corrected chi connectivity index (χ2v) is 6.44. The van der Waals surface area contributed by atoms with Gasteiger partial charge in [-0.1, -0.05) is 0 Å². The van der Waals surface area contributed by atoms with Gasteiger partial charge in [-0.25, -0.2) is 0 Å². The molecule has 1 N–H and O–H groups in total. The molecule has 0 bridgehead atoms. The number of furan rings is 1. The molecule has 1 aromatic carbocycles. The predicted octanol–water partition coefficient (Wildman–Crippen LogP) is 2.27. The van der Waals surface area contributed by atoms with Crippen molar-refractivity contribution in [2.75, 3.05) is 27.9 Å². The minimum absolute atomic E-state index is 0.172. The summed E-state index contributed by atoms with van der Waals surface area (Å²) in [5, 5.41) is 10.6. The molecule has 0 radical (unpaired) electrons. The van der Waals surface area contributed by atoms with Crippen molar-refractivity contribution in [1.29, 1.82) is 0 Å². The van der Waals surface area contributed by atoms with Crippen molar-refractivity contribution in [2.45, 2.75) is 12.0 Å². The molecule has 2 aliphatic rings. The summed E-state index contributed by atoms with van der Waals surface area (Å²) in [4.78, 5) is 12.5. The van der Waals surface area contributed by atoms with Crippen molar-refractivity contribution in [3.63, 3.8) is 0 Å². The Labute approximate surface area is 150 Å². The molecule has 0 unspecified atom stereocenters. The van der Waals surface area contributed by atoms with Gasteiger partial charge >= 0.3 is 5.97 Å². The van der Waals surface area contributed by atoms with Gasteiger partial charge in [-0.15, -0.1) is 0 Å². The van der Waals surface area contributed by atoms with Gasteiger partial charge in [0, 0.05) is 17.4 Å². The smallest absolute Gasteiger partial charge is 0.310 e. The first-order valence-electron chi connectivity index (χ1n) is 8.32. The monoisotopic (exact) mass is 360 g/mol. The minimum Gasteiger partial charge on any atom is -0.493 e. The lowest BCUT2D eigenvalue weighted by Gasteiger charge is -2.33. The van der Waals surface area contributed by atoms with Gasteiger partial charge in [0.2, 0.25) is 5.75 Å². The van der Waals surface area contributed by atoms with Crippen molar-refractivity contribution in [3.05, 3.63) is 41.3 Å². The van der Waals surface area contributed by atoms with E-state index in [1.54, 1.807) is 20.3 Å². The third-order valence-corrected chi connectivity index (χ3v) is 5.29. The second-order valence-electron chi connectivity index (χ2n) is 6.44. The lowest BCUT2D eigenvalue weighted by atomic mass is 9.68. The number of rotatable bonds is 4. The molecule has 1 aliphatic heterocycles. The van der Waals surface area contributed by atoms with Crippen LogP contribution < -0.4 is 14.2 Å². The van der Waals surface area contributed by atoms with Crippen LogP contribution >= 0.6 is 0 Å². The summed E-state index contributed by atoms with van der Waals surface area (Å²) < 4.78 is 27.0. The number of ether oxygens (including phenoxy) is 4. The van der Waals surface area contributed by atoms with Crippen molar-refractivity contribution < 1.29 is 33.3 Å². The third-order valence-electron chi connectivity index (χ3n) is 5.29. The van der Waals surface area contributed by atoms with Crippen LogP contribution in [-0.2, 0) is 9.53 Å². The zero-order chi connectivity index (χ0) is 18.4. The summed E-state index contributed by atoms with van der Waals surface area (Å²) in [6.07, 6.45) is 0.667. The summed E-state index contributed by atoms with van der Waals surface area (Å²) in [7, 11) is 4.62. The molecule has 0 saturated carbocycles. The number of methoxy groups -OCH3 is 3. The van der Waals surface area contributed by atoms with Crippen LogP contribution in [0.1, 0.15) is 28.9 Å². The van der Waals surface area contributed by atoms with Crippen LogP contribution in [0.2, 0.25) is 0 Å². The molecule has 0 spiro atoms. The number of hydrogen-bond donors (Lipinski definition) is 1. The summed E-state index contributed by atoms with van der Waals surface area (Å²) in [6.45, 7) is 0.172. The SMILES string of the molecule is COc1cc([C@@H]2c3ccoc3[C@@H](O)[C@H]3COC(=O)[C@@H]23)cc(OC)c1OC. The fraction of sp³-hybridized carbons (Fsp3) is 0.421. The molecule has 1 fully saturated rings. The number of aliphatic hydroxyl groups is 1. The minimum atomic E-state index is -0.866. The maximum absolute atomic E-state index is 12.5. The van der Waals surface area contributed by atoms with E-state index in [1.165, 1.54) is 13.4 Å². The van der Waals surface area contributed by atoms with E-state index in [1.807, 2.05) is 12.1 Å². The number of fused-ring (bicyclic) bond motifs is 2. The van der Waals surface area contributed by atoms with Gasteiger partial charge in [-0.3, -0.25) is 4.79 Å². The van der Waals surface area contributed by atoms with Crippen LogP contribution in [-0.4, -0.2) is 39.0 Å². The maximum Gasteiger partial charge on any atom is 0.310 e. The van der Waals surface area contributed by atoms with E-state index in [2.05, 4.69) is 0 Å². The van der Waals surface area contributed by atoms with Crippen LogP contribution in [0.3, 0.4) is 0 Å². The fourth-order valence-electron chi connectivity index (χ4n) is 4.11. The van der Waals surface area contributed by atoms with Gasteiger partial charge in [0.15, 0.2) is 11.5 Å². The Morgan fingerprint density at radius 1 is 1.12 bits per heavy atom. The summed E-state index contributed by atoms with van der Waals surface area (Å²) >= 11 is 0. The molecule has 26 heavy (non-hydrogen) atoms. The number of hydrogen-bond acceptors (Lipinski definition) is 7. The molecule has 1 aliphatic carbocycles. The first-order valence-corrected chi connectivity index (χ1v) is 8.32. The highest BCUT2D eigenvalue weighted by Gasteiger charge is 2.53. The molecule has 7 nitrogen and oxygen atoms in total. The Morgan fingerprint density at radius 2 is 1.81 bits per heavy atom. The number of carbonyl (C=O) groups excluding carboxylic acids is 1. The quantitative estimate of drug-likeness (QED) is 0.837. The highest BCUT2D eigenvalue weighted by Crippen LogP contribution is 2.53. The van der Waals surface area contributed by atoms with Gasteiger partial charge in [-0.05, 0) is 23.8 Å². The summed E-state index contributed by atoms with van der Waals surface area (Å²) in [6, 6.07) is 5.43. The van der Waals surface area contributed by atoms with Gasteiger partial charge in [0.1, 0.15) is 11.9 Å². The van der Waals surface area contributed by atoms with Crippen molar-refractivity contribution in [1.82, 2.24) is 0 Å². The lowest BCUT2D eigenvalue weighted by Crippen LogP contribution is -2.33. The van der Waals surface area contributed by atoms with E-state index >= 15 is 0 Å². The molecule has 1 aromatic heterocycles. The molecule has 2 aromatic rings. The van der Waals surface area contributed by atoms with Crippen LogP contribution in [0, 0.1) is 11.8 Å². The normalized spacial score (nSPS) is 26.7. The molecule has 2 heterocycles. The molecule has 4 rings (SSSR count). The predicted molar refractivity (Wildman–Crippen MR) is 89.5 cm³/mol. The zero-order valence-corrected chi connectivity index (χ0v) is 14.7. The van der Waals surface area contributed by atoms with Crippen molar-refractivity contribution in [2.24, 2.45) is 11.8 Å². The molecule has 0 amide bonds. The average molecular weight is 360 g/mol. The number of cyclic esters (lactones) is 1. The molecule has 138 valence electrons. The van der Waals surface area contributed by atoms with Crippen molar-refractivity contribution >= 4 is 5.97 Å². The standard InChI is InChI=1S/C19H20O7/c1-22-12-6-9(7-13(23-2)18(12)24-3)14-10-4-5-25-17(10)16(20)11-8-26-19(21)15(11)14/h4-7,11,14-16,20H,8H2,1-3H3/t11-,14+,15+,16-/m0/s1. The Kier molecular flexibility index (Phi) is 4.03. The topological polar surface area (TPSA) is 87.4 Å². The average Bonchev–Trinajstić information content (AvgIpc) is 3.29. The largest absolute Gasteiger partial charge is 0.493 e. The summed E-state index contributed by atoms with van der Waals surface area (Å²) in [5.41, 5.74) is 1.58. The fourth-order valence-corrected chi connectivity index (χ4v) is 4.11. The molecule has 4 atom stereocenters. The first kappa shape index (κ1) is 16.8. The van der Waals surface area contributed by atoms with Gasteiger partial charge < -0.3 is 28.5 Å². The maximum atomic E-state index is 12.5. The molecule has 7 heteroatoms. The summed E-state index contributed by atoms with van der Waals surface area (Å²) in [5.74, 6) is 0.446. The molecular formula is C19H20O7. The number of esters is 1. The lowest BCUT2D eigenvalue weighted by molar-refractivity contribution is -0.141. The highest BCUT2D eigenvalue weighted by atomic mass is 16.5. The van der Waals surface area contributed by atoms with E-state index in [4.69, 9.17) is 23.4 Å². The van der Waals surface area contributed by atoms with Crippen LogP contribution in [0.15, 0.2) is 28.9 Å². The number of carbonyl (C=O) groups is 1. The van der Waals surface area contributed by atoms with Crippen LogP contribution in [0.25, 0.3) is 0 Å². The van der Waals surface area contributed by atoms with E-state index in [9.17, 15) is 9.90 Å². The number of benzene rings is 1. The van der Waals surface area contributed by atoms with E-state index in [0.717, 1.165) is 11.1 Å². The Morgan fingerprint density at radius 3 is 2.42 bits per heavy atom. The first-order chi connectivity index (χ1) is 12.6. The van der Waals surface area contributed by atoms with E-state index in [0.29, 0.717) is 23.0 Å². The van der Waals surface area contributed by atoms with Crippen LogP contribution in [0.4, 0.5) is 0 Å².